The Morgan fingerprint density at radius 2 is 2.06 bits per heavy atom. The van der Waals surface area contributed by atoms with Gasteiger partial charge in [0.25, 0.3) is 0 Å². The predicted molar refractivity (Wildman–Crippen MR) is 75.5 cm³/mol. The van der Waals surface area contributed by atoms with Gasteiger partial charge < -0.3 is 10.1 Å². The van der Waals surface area contributed by atoms with E-state index in [1.165, 1.54) is 0 Å². The van der Waals surface area contributed by atoms with Gasteiger partial charge in [-0.2, -0.15) is 11.8 Å². The van der Waals surface area contributed by atoms with Gasteiger partial charge in [-0.05, 0) is 38.5 Å². The molecule has 3 nitrogen and oxygen atoms in total. The molecule has 0 fully saturated rings. The number of rotatable bonds is 9. The fourth-order valence-electron chi connectivity index (χ4n) is 1.37. The molecule has 0 saturated carbocycles. The standard InChI is InChI=1S/C13H27NO2S/c1-6-8-14-13(5,12(15)16-7-2)10-17-9-11(3)4/h11,14H,6-10H2,1-5H3. The highest BCUT2D eigenvalue weighted by Gasteiger charge is 2.33. The number of esters is 1. The Morgan fingerprint density at radius 3 is 2.53 bits per heavy atom. The van der Waals surface area contributed by atoms with Crippen LogP contribution in [0.3, 0.4) is 0 Å². The van der Waals surface area contributed by atoms with Crippen LogP contribution in [0, 0.1) is 5.92 Å². The molecule has 4 heteroatoms. The van der Waals surface area contributed by atoms with Crippen molar-refractivity contribution in [1.82, 2.24) is 5.32 Å². The molecule has 0 rings (SSSR count). The minimum Gasteiger partial charge on any atom is -0.465 e. The minimum absolute atomic E-state index is 0.135. The lowest BCUT2D eigenvalue weighted by Crippen LogP contribution is -2.53. The predicted octanol–water partition coefficient (Wildman–Crippen LogP) is 2.70. The van der Waals surface area contributed by atoms with E-state index in [-0.39, 0.29) is 5.97 Å². The average Bonchev–Trinajstić information content (AvgIpc) is 2.26. The van der Waals surface area contributed by atoms with E-state index in [1.807, 2.05) is 25.6 Å². The number of hydrogen-bond acceptors (Lipinski definition) is 4. The van der Waals surface area contributed by atoms with Gasteiger partial charge >= 0.3 is 5.97 Å². The minimum atomic E-state index is -0.550. The third-order valence-corrected chi connectivity index (χ3v) is 4.02. The Balaban J connectivity index is 4.32. The first-order valence-electron chi connectivity index (χ1n) is 6.46. The van der Waals surface area contributed by atoms with Crippen molar-refractivity contribution in [2.45, 2.75) is 46.6 Å². The van der Waals surface area contributed by atoms with Crippen LogP contribution in [-0.2, 0) is 9.53 Å². The van der Waals surface area contributed by atoms with Gasteiger partial charge in [-0.15, -0.1) is 0 Å². The Bertz CT molecular complexity index is 221. The summed E-state index contributed by atoms with van der Waals surface area (Å²) >= 11 is 1.81. The van der Waals surface area contributed by atoms with Crippen molar-refractivity contribution in [2.24, 2.45) is 5.92 Å². The SMILES string of the molecule is CCCNC(C)(CSCC(C)C)C(=O)OCC. The second kappa shape index (κ2) is 8.81. The van der Waals surface area contributed by atoms with Crippen LogP contribution in [0.25, 0.3) is 0 Å². The van der Waals surface area contributed by atoms with Crippen LogP contribution in [0.4, 0.5) is 0 Å². The van der Waals surface area contributed by atoms with E-state index in [4.69, 9.17) is 4.74 Å². The molecule has 0 aliphatic heterocycles. The summed E-state index contributed by atoms with van der Waals surface area (Å²) in [5.41, 5.74) is -0.550. The summed E-state index contributed by atoms with van der Waals surface area (Å²) in [4.78, 5) is 11.9. The molecule has 102 valence electrons. The van der Waals surface area contributed by atoms with Gasteiger partial charge in [-0.3, -0.25) is 4.79 Å². The van der Waals surface area contributed by atoms with Gasteiger partial charge in [-0.1, -0.05) is 20.8 Å². The fraction of sp³-hybridized carbons (Fsp3) is 0.923. The van der Waals surface area contributed by atoms with E-state index in [0.29, 0.717) is 12.5 Å². The number of carbonyl (C=O) groups is 1. The monoisotopic (exact) mass is 261 g/mol. The molecule has 0 aromatic rings. The molecule has 0 heterocycles. The zero-order valence-corrected chi connectivity index (χ0v) is 12.7. The highest BCUT2D eigenvalue weighted by Crippen LogP contribution is 2.17. The van der Waals surface area contributed by atoms with Crippen molar-refractivity contribution in [3.8, 4) is 0 Å². The summed E-state index contributed by atoms with van der Waals surface area (Å²) in [5, 5.41) is 3.31. The third-order valence-electron chi connectivity index (χ3n) is 2.33. The van der Waals surface area contributed by atoms with E-state index in [9.17, 15) is 4.79 Å². The van der Waals surface area contributed by atoms with Crippen LogP contribution in [0.15, 0.2) is 0 Å². The topological polar surface area (TPSA) is 38.3 Å². The average molecular weight is 261 g/mol. The smallest absolute Gasteiger partial charge is 0.326 e. The van der Waals surface area contributed by atoms with E-state index in [2.05, 4.69) is 26.1 Å². The molecule has 0 aromatic heterocycles. The highest BCUT2D eigenvalue weighted by molar-refractivity contribution is 7.99. The maximum absolute atomic E-state index is 11.9. The molecular weight excluding hydrogens is 234 g/mol. The van der Waals surface area contributed by atoms with Gasteiger partial charge in [0.1, 0.15) is 5.54 Å². The Hall–Kier alpha value is -0.220. The van der Waals surface area contributed by atoms with Gasteiger partial charge in [0.2, 0.25) is 0 Å². The normalized spacial score (nSPS) is 14.7. The fourth-order valence-corrected chi connectivity index (χ4v) is 2.59. The van der Waals surface area contributed by atoms with Crippen molar-refractivity contribution in [3.63, 3.8) is 0 Å². The van der Waals surface area contributed by atoms with E-state index < -0.39 is 5.54 Å². The number of ether oxygens (including phenoxy) is 1. The quantitative estimate of drug-likeness (QED) is 0.648. The zero-order chi connectivity index (χ0) is 13.3. The van der Waals surface area contributed by atoms with E-state index in [1.54, 1.807) is 0 Å². The molecule has 0 aliphatic rings. The molecule has 0 spiro atoms. The Kier molecular flexibility index (Phi) is 8.70. The molecular formula is C13H27NO2S. The van der Waals surface area contributed by atoms with E-state index in [0.717, 1.165) is 24.5 Å². The van der Waals surface area contributed by atoms with Crippen LogP contribution < -0.4 is 5.32 Å². The number of hydrogen-bond donors (Lipinski definition) is 1. The van der Waals surface area contributed by atoms with Crippen LogP contribution in [-0.4, -0.2) is 36.2 Å². The largest absolute Gasteiger partial charge is 0.465 e. The molecule has 0 bridgehead atoms. The van der Waals surface area contributed by atoms with Crippen LogP contribution >= 0.6 is 11.8 Å². The Labute approximate surface area is 110 Å². The van der Waals surface area contributed by atoms with E-state index >= 15 is 0 Å². The molecule has 0 aromatic carbocycles. The van der Waals surface area contributed by atoms with Crippen LogP contribution in [0.5, 0.6) is 0 Å². The van der Waals surface area contributed by atoms with Gasteiger partial charge in [0.15, 0.2) is 0 Å². The zero-order valence-electron chi connectivity index (χ0n) is 11.8. The lowest BCUT2D eigenvalue weighted by atomic mass is 10.1. The van der Waals surface area contributed by atoms with Crippen LogP contribution in [0.2, 0.25) is 0 Å². The van der Waals surface area contributed by atoms with Crippen molar-refractivity contribution >= 4 is 17.7 Å². The lowest BCUT2D eigenvalue weighted by Gasteiger charge is -2.28. The first-order chi connectivity index (χ1) is 7.96. The Morgan fingerprint density at radius 1 is 1.41 bits per heavy atom. The maximum atomic E-state index is 11.9. The highest BCUT2D eigenvalue weighted by atomic mass is 32.2. The molecule has 0 radical (unpaired) electrons. The van der Waals surface area contributed by atoms with Crippen molar-refractivity contribution in [1.29, 1.82) is 0 Å². The van der Waals surface area contributed by atoms with Gasteiger partial charge in [0.05, 0.1) is 6.61 Å². The summed E-state index contributed by atoms with van der Waals surface area (Å²) in [6.07, 6.45) is 1.02. The first-order valence-corrected chi connectivity index (χ1v) is 7.61. The summed E-state index contributed by atoms with van der Waals surface area (Å²) < 4.78 is 5.15. The molecule has 1 N–H and O–H groups in total. The molecule has 17 heavy (non-hydrogen) atoms. The van der Waals surface area contributed by atoms with Gasteiger partial charge in [0, 0.05) is 5.75 Å². The second-order valence-corrected chi connectivity index (χ2v) is 5.92. The number of carbonyl (C=O) groups excluding carboxylic acids is 1. The molecule has 0 aliphatic carbocycles. The first kappa shape index (κ1) is 16.8. The van der Waals surface area contributed by atoms with Crippen molar-refractivity contribution < 1.29 is 9.53 Å². The van der Waals surface area contributed by atoms with Gasteiger partial charge in [-0.25, -0.2) is 0 Å². The summed E-state index contributed by atoms with van der Waals surface area (Å²) in [6, 6.07) is 0. The summed E-state index contributed by atoms with van der Waals surface area (Å²) in [6.45, 7) is 11.5. The molecule has 0 saturated heterocycles. The summed E-state index contributed by atoms with van der Waals surface area (Å²) in [7, 11) is 0. The van der Waals surface area contributed by atoms with Crippen molar-refractivity contribution in [2.75, 3.05) is 24.7 Å². The van der Waals surface area contributed by atoms with Crippen LogP contribution in [0.1, 0.15) is 41.0 Å². The number of nitrogens with one attached hydrogen (secondary N) is 1. The van der Waals surface area contributed by atoms with Crippen molar-refractivity contribution in [3.05, 3.63) is 0 Å². The molecule has 0 amide bonds. The maximum Gasteiger partial charge on any atom is 0.326 e. The second-order valence-electron chi connectivity index (χ2n) is 4.89. The summed E-state index contributed by atoms with van der Waals surface area (Å²) in [5.74, 6) is 2.36. The number of thioether (sulfide) groups is 1. The molecule has 1 unspecified atom stereocenters. The lowest BCUT2D eigenvalue weighted by molar-refractivity contribution is -0.149. The third kappa shape index (κ3) is 6.94. The molecule has 1 atom stereocenters.